The normalized spacial score (nSPS) is 9.78. The van der Waals surface area contributed by atoms with Crippen molar-refractivity contribution in [1.82, 2.24) is 0 Å². The van der Waals surface area contributed by atoms with Gasteiger partial charge in [-0.2, -0.15) is 0 Å². The molecule has 0 bridgehead atoms. The van der Waals surface area contributed by atoms with E-state index in [0.29, 0.717) is 12.2 Å². The molecule has 18 heavy (non-hydrogen) atoms. The predicted octanol–water partition coefficient (Wildman–Crippen LogP) is 3.74. The molecule has 0 spiro atoms. The SMILES string of the molecule is [C-]#[N+]c1cccc(NCc2ccc(C)cc2N)c1. The van der Waals surface area contributed by atoms with E-state index in [2.05, 4.69) is 10.2 Å². The number of anilines is 2. The van der Waals surface area contributed by atoms with Crippen LogP contribution in [0.5, 0.6) is 0 Å². The average Bonchev–Trinajstić information content (AvgIpc) is 2.38. The van der Waals surface area contributed by atoms with Crippen LogP contribution in [0.3, 0.4) is 0 Å². The Bertz CT molecular complexity index is 597. The molecule has 3 N–H and O–H groups in total. The smallest absolute Gasteiger partial charge is 0.189 e. The molecular formula is C15H15N3. The lowest BCUT2D eigenvalue weighted by molar-refractivity contribution is 1.15. The molecule has 0 radical (unpaired) electrons. The number of hydrogen-bond acceptors (Lipinski definition) is 2. The first kappa shape index (κ1) is 12.0. The average molecular weight is 237 g/mol. The summed E-state index contributed by atoms with van der Waals surface area (Å²) in [5, 5.41) is 3.27. The van der Waals surface area contributed by atoms with Crippen LogP contribution in [-0.2, 0) is 6.54 Å². The molecule has 0 aliphatic heterocycles. The van der Waals surface area contributed by atoms with Crippen molar-refractivity contribution in [1.29, 1.82) is 0 Å². The molecule has 0 aromatic heterocycles. The Hall–Kier alpha value is -2.47. The summed E-state index contributed by atoms with van der Waals surface area (Å²) >= 11 is 0. The maximum Gasteiger partial charge on any atom is 0.189 e. The van der Waals surface area contributed by atoms with Gasteiger partial charge in [-0.25, -0.2) is 4.85 Å². The topological polar surface area (TPSA) is 42.4 Å². The van der Waals surface area contributed by atoms with Crippen LogP contribution in [0.1, 0.15) is 11.1 Å². The molecule has 0 saturated heterocycles. The summed E-state index contributed by atoms with van der Waals surface area (Å²) in [4.78, 5) is 3.40. The molecule has 2 aromatic carbocycles. The van der Waals surface area contributed by atoms with E-state index in [4.69, 9.17) is 12.3 Å². The van der Waals surface area contributed by atoms with Crippen LogP contribution < -0.4 is 11.1 Å². The molecule has 0 aliphatic rings. The van der Waals surface area contributed by atoms with Crippen LogP contribution in [0.25, 0.3) is 4.85 Å². The first-order valence-corrected chi connectivity index (χ1v) is 5.75. The summed E-state index contributed by atoms with van der Waals surface area (Å²) in [6.07, 6.45) is 0. The van der Waals surface area contributed by atoms with Gasteiger partial charge >= 0.3 is 0 Å². The molecule has 0 atom stereocenters. The van der Waals surface area contributed by atoms with Crippen molar-refractivity contribution < 1.29 is 0 Å². The highest BCUT2D eigenvalue weighted by molar-refractivity contribution is 5.58. The Labute approximate surface area is 107 Å². The zero-order valence-corrected chi connectivity index (χ0v) is 10.3. The van der Waals surface area contributed by atoms with Crippen molar-refractivity contribution in [2.45, 2.75) is 13.5 Å². The fraction of sp³-hybridized carbons (Fsp3) is 0.133. The van der Waals surface area contributed by atoms with E-state index in [1.54, 1.807) is 6.07 Å². The largest absolute Gasteiger partial charge is 0.398 e. The molecular weight excluding hydrogens is 222 g/mol. The van der Waals surface area contributed by atoms with Crippen molar-refractivity contribution in [2.75, 3.05) is 11.1 Å². The zero-order valence-electron chi connectivity index (χ0n) is 10.3. The van der Waals surface area contributed by atoms with Gasteiger partial charge in [-0.05, 0) is 36.2 Å². The molecule has 0 unspecified atom stereocenters. The summed E-state index contributed by atoms with van der Waals surface area (Å²) < 4.78 is 0. The predicted molar refractivity (Wildman–Crippen MR) is 75.6 cm³/mol. The van der Waals surface area contributed by atoms with Crippen LogP contribution in [0.4, 0.5) is 17.1 Å². The Morgan fingerprint density at radius 1 is 1.22 bits per heavy atom. The zero-order chi connectivity index (χ0) is 13.0. The summed E-state index contributed by atoms with van der Waals surface area (Å²) in [6, 6.07) is 13.5. The molecule has 0 fully saturated rings. The lowest BCUT2D eigenvalue weighted by Crippen LogP contribution is -2.02. The summed E-state index contributed by atoms with van der Waals surface area (Å²) in [5.41, 5.74) is 10.5. The third-order valence-corrected chi connectivity index (χ3v) is 2.76. The highest BCUT2D eigenvalue weighted by Gasteiger charge is 2.00. The quantitative estimate of drug-likeness (QED) is 0.630. The number of hydrogen-bond donors (Lipinski definition) is 2. The minimum Gasteiger partial charge on any atom is -0.398 e. The van der Waals surface area contributed by atoms with Crippen LogP contribution in [0.15, 0.2) is 42.5 Å². The third-order valence-electron chi connectivity index (χ3n) is 2.76. The minimum absolute atomic E-state index is 0.636. The van der Waals surface area contributed by atoms with E-state index in [1.807, 2.05) is 43.3 Å². The van der Waals surface area contributed by atoms with E-state index in [1.165, 1.54) is 0 Å². The van der Waals surface area contributed by atoms with Gasteiger partial charge in [-0.15, -0.1) is 0 Å². The Balaban J connectivity index is 2.09. The van der Waals surface area contributed by atoms with Gasteiger partial charge in [0.2, 0.25) is 0 Å². The monoisotopic (exact) mass is 237 g/mol. The molecule has 0 aliphatic carbocycles. The molecule has 2 aromatic rings. The van der Waals surface area contributed by atoms with Crippen LogP contribution in [-0.4, -0.2) is 0 Å². The fourth-order valence-corrected chi connectivity index (χ4v) is 1.76. The minimum atomic E-state index is 0.636. The summed E-state index contributed by atoms with van der Waals surface area (Å²) in [5.74, 6) is 0. The third kappa shape index (κ3) is 2.80. The van der Waals surface area contributed by atoms with Crippen LogP contribution in [0, 0.1) is 13.5 Å². The lowest BCUT2D eigenvalue weighted by atomic mass is 10.1. The molecule has 0 heterocycles. The van der Waals surface area contributed by atoms with E-state index >= 15 is 0 Å². The number of benzene rings is 2. The number of aryl methyl sites for hydroxylation is 1. The van der Waals surface area contributed by atoms with Crippen molar-refractivity contribution in [3.8, 4) is 0 Å². The summed E-state index contributed by atoms with van der Waals surface area (Å²) in [7, 11) is 0. The van der Waals surface area contributed by atoms with Crippen molar-refractivity contribution >= 4 is 17.1 Å². The number of nitrogen functional groups attached to an aromatic ring is 1. The maximum absolute atomic E-state index is 6.97. The molecule has 0 saturated carbocycles. The van der Waals surface area contributed by atoms with E-state index in [-0.39, 0.29) is 0 Å². The van der Waals surface area contributed by atoms with E-state index in [9.17, 15) is 0 Å². The number of rotatable bonds is 3. The lowest BCUT2D eigenvalue weighted by Gasteiger charge is -2.09. The first-order valence-electron chi connectivity index (χ1n) is 5.75. The Kier molecular flexibility index (Phi) is 3.49. The second-order valence-corrected chi connectivity index (χ2v) is 4.22. The van der Waals surface area contributed by atoms with Gasteiger partial charge in [0.15, 0.2) is 5.69 Å². The van der Waals surface area contributed by atoms with E-state index < -0.39 is 0 Å². The van der Waals surface area contributed by atoms with Crippen LogP contribution in [0.2, 0.25) is 0 Å². The van der Waals surface area contributed by atoms with Gasteiger partial charge in [0.05, 0.1) is 6.57 Å². The molecule has 90 valence electrons. The number of nitrogens with one attached hydrogen (secondary N) is 1. The maximum atomic E-state index is 6.97. The fourth-order valence-electron chi connectivity index (χ4n) is 1.76. The van der Waals surface area contributed by atoms with Gasteiger partial charge in [0, 0.05) is 17.9 Å². The van der Waals surface area contributed by atoms with Gasteiger partial charge in [-0.1, -0.05) is 24.3 Å². The standard InChI is InChI=1S/C15H15N3/c1-11-6-7-12(15(16)8-11)10-18-14-5-3-4-13(9-14)17-2/h3-9,18H,10,16H2,1H3. The number of nitrogens with zero attached hydrogens (tertiary/aromatic N) is 1. The molecule has 3 nitrogen and oxygen atoms in total. The Morgan fingerprint density at radius 3 is 2.78 bits per heavy atom. The number of nitrogens with two attached hydrogens (primary N) is 1. The van der Waals surface area contributed by atoms with Gasteiger partial charge in [0.25, 0.3) is 0 Å². The van der Waals surface area contributed by atoms with Gasteiger partial charge < -0.3 is 11.1 Å². The van der Waals surface area contributed by atoms with Gasteiger partial charge in [-0.3, -0.25) is 0 Å². The van der Waals surface area contributed by atoms with Crippen molar-refractivity contribution in [3.05, 3.63) is 65.0 Å². The molecule has 3 heteroatoms. The van der Waals surface area contributed by atoms with Crippen molar-refractivity contribution in [3.63, 3.8) is 0 Å². The molecule has 0 amide bonds. The first-order chi connectivity index (χ1) is 8.69. The van der Waals surface area contributed by atoms with Crippen LogP contribution >= 0.6 is 0 Å². The second-order valence-electron chi connectivity index (χ2n) is 4.22. The van der Waals surface area contributed by atoms with E-state index in [0.717, 1.165) is 22.5 Å². The second kappa shape index (κ2) is 5.24. The highest BCUT2D eigenvalue weighted by atomic mass is 14.9. The Morgan fingerprint density at radius 2 is 2.06 bits per heavy atom. The van der Waals surface area contributed by atoms with Crippen molar-refractivity contribution in [2.24, 2.45) is 0 Å². The summed E-state index contributed by atoms with van der Waals surface area (Å²) in [6.45, 7) is 9.65. The highest BCUT2D eigenvalue weighted by Crippen LogP contribution is 2.20. The molecule has 2 rings (SSSR count). The van der Waals surface area contributed by atoms with Gasteiger partial charge in [0.1, 0.15) is 0 Å².